The average molecular weight is 474 g/mol. The number of nitrogens with one attached hydrogen (secondary N) is 2. The molecule has 2 aromatic heterocycles. The van der Waals surface area contributed by atoms with Crippen LogP contribution in [0.15, 0.2) is 54.1 Å². The number of amides is 4. The van der Waals surface area contributed by atoms with E-state index in [2.05, 4.69) is 77.6 Å². The number of imide groups is 2. The van der Waals surface area contributed by atoms with Gasteiger partial charge in [0.25, 0.3) is 0 Å². The van der Waals surface area contributed by atoms with Crippen molar-refractivity contribution in [2.24, 2.45) is 0 Å². The number of urea groups is 1. The normalized spacial score (nSPS) is 17.0. The van der Waals surface area contributed by atoms with E-state index in [1.807, 2.05) is 0 Å². The van der Waals surface area contributed by atoms with Crippen LogP contribution < -0.4 is 10.6 Å². The van der Waals surface area contributed by atoms with E-state index in [9.17, 15) is 14.4 Å². The van der Waals surface area contributed by atoms with Crippen molar-refractivity contribution < 1.29 is 14.4 Å². The number of barbiturate groups is 1. The Bertz CT molecular complexity index is 1500. The summed E-state index contributed by atoms with van der Waals surface area (Å²) >= 11 is -0.107. The number of nitrogens with zero attached hydrogens (tertiary/aromatic N) is 1. The second kappa shape index (κ2) is 6.06. The van der Waals surface area contributed by atoms with Crippen molar-refractivity contribution in [3.05, 3.63) is 69.7 Å². The van der Waals surface area contributed by atoms with Gasteiger partial charge >= 0.3 is 183 Å². The summed E-state index contributed by atoms with van der Waals surface area (Å²) in [4.78, 5) is 35.8. The number of hydrogen-bond acceptors (Lipinski definition) is 3. The number of para-hydroxylation sites is 2. The topological polar surface area (TPSA) is 80.2 Å². The van der Waals surface area contributed by atoms with Crippen molar-refractivity contribution in [2.75, 3.05) is 0 Å². The number of benzene rings is 2. The third-order valence-electron chi connectivity index (χ3n) is 6.21. The molecule has 0 spiro atoms. The van der Waals surface area contributed by atoms with Crippen LogP contribution in [0.4, 0.5) is 4.79 Å². The molecular formula is C24H17N3O3Se. The molecule has 152 valence electrons. The third-order valence-corrected chi connectivity index (χ3v) is 8.45. The van der Waals surface area contributed by atoms with Crippen LogP contribution in [0.1, 0.15) is 29.4 Å². The van der Waals surface area contributed by atoms with Gasteiger partial charge in [-0.25, -0.2) is 0 Å². The fourth-order valence-corrected chi connectivity index (χ4v) is 7.40. The number of hydrogen-bond donors (Lipinski definition) is 2. The van der Waals surface area contributed by atoms with Gasteiger partial charge in [0.15, 0.2) is 0 Å². The van der Waals surface area contributed by atoms with Crippen molar-refractivity contribution in [1.29, 1.82) is 0 Å². The molecule has 0 radical (unpaired) electrons. The Hall–Kier alpha value is -3.41. The molecule has 2 aliphatic heterocycles. The van der Waals surface area contributed by atoms with Crippen molar-refractivity contribution in [3.63, 3.8) is 0 Å². The van der Waals surface area contributed by atoms with E-state index in [1.54, 1.807) is 6.08 Å². The van der Waals surface area contributed by atoms with Crippen LogP contribution in [0.5, 0.6) is 0 Å². The Morgan fingerprint density at radius 3 is 2.39 bits per heavy atom. The first-order valence-electron chi connectivity index (χ1n) is 9.92. The Balaban J connectivity index is 1.64. The van der Waals surface area contributed by atoms with Crippen molar-refractivity contribution in [2.45, 2.75) is 19.3 Å². The zero-order valence-corrected chi connectivity index (χ0v) is 18.5. The van der Waals surface area contributed by atoms with Crippen LogP contribution >= 0.6 is 0 Å². The van der Waals surface area contributed by atoms with Gasteiger partial charge in [-0.15, -0.1) is 0 Å². The third kappa shape index (κ3) is 2.42. The number of aromatic nitrogens is 1. The summed E-state index contributed by atoms with van der Waals surface area (Å²) in [6, 6.07) is 16.2. The molecule has 31 heavy (non-hydrogen) atoms. The summed E-state index contributed by atoms with van der Waals surface area (Å²) in [7, 11) is 0. The number of rotatable bonds is 1. The van der Waals surface area contributed by atoms with Crippen molar-refractivity contribution in [3.8, 4) is 4.56 Å². The Morgan fingerprint density at radius 1 is 0.903 bits per heavy atom. The minimum atomic E-state index is -0.784. The van der Waals surface area contributed by atoms with E-state index in [1.165, 1.54) is 32.0 Å². The molecule has 0 aliphatic carbocycles. The monoisotopic (exact) mass is 475 g/mol. The molecule has 2 N–H and O–H groups in total. The summed E-state index contributed by atoms with van der Waals surface area (Å²) in [6.07, 6.45) is 1.62. The maximum absolute atomic E-state index is 12.2. The molecule has 6 nitrogen and oxygen atoms in total. The Kier molecular flexibility index (Phi) is 3.59. The summed E-state index contributed by atoms with van der Waals surface area (Å²) in [6.45, 7) is 4.44. The van der Waals surface area contributed by atoms with Crippen LogP contribution in [0.25, 0.3) is 32.4 Å². The van der Waals surface area contributed by atoms with E-state index < -0.39 is 17.8 Å². The van der Waals surface area contributed by atoms with Gasteiger partial charge in [-0.2, -0.15) is 0 Å². The minimum absolute atomic E-state index is 0.0367. The molecule has 0 unspecified atom stereocenters. The molecule has 7 heteroatoms. The van der Waals surface area contributed by atoms with Gasteiger partial charge in [0.2, 0.25) is 0 Å². The maximum atomic E-state index is 12.2. The predicted molar refractivity (Wildman–Crippen MR) is 120 cm³/mol. The SMILES string of the molecule is CC1(C)c2cc(C=C3C(=O)NC(=O)NC3=O)[se]c2-n2c3ccccc3c3cccc1c32. The fourth-order valence-electron chi connectivity index (χ4n) is 4.71. The second-order valence-electron chi connectivity index (χ2n) is 8.34. The number of carbonyl (C=O) groups is 3. The molecule has 0 saturated carbocycles. The standard InChI is InChI=1S/C24H17N3O3Se/c1-24(2)16-8-5-7-14-13-6-3-4-9-18(13)27(19(14)16)22-17(24)11-12(31-22)10-15-20(28)25-23(30)26-21(15)29/h3-11H,1-2H3,(H2,25,26,28,29,30). The molecule has 0 atom stereocenters. The van der Waals surface area contributed by atoms with Crippen molar-refractivity contribution >= 4 is 60.2 Å². The van der Waals surface area contributed by atoms with Gasteiger partial charge in [0.05, 0.1) is 0 Å². The summed E-state index contributed by atoms with van der Waals surface area (Å²) < 4.78 is 4.51. The van der Waals surface area contributed by atoms with E-state index in [0.29, 0.717) is 0 Å². The van der Waals surface area contributed by atoms with E-state index in [-0.39, 0.29) is 25.5 Å². The van der Waals surface area contributed by atoms with E-state index >= 15 is 0 Å². The van der Waals surface area contributed by atoms with Crippen LogP contribution in [0.3, 0.4) is 0 Å². The molecule has 2 aromatic carbocycles. The van der Waals surface area contributed by atoms with Crippen molar-refractivity contribution in [1.82, 2.24) is 15.2 Å². The van der Waals surface area contributed by atoms with Gasteiger partial charge in [-0.05, 0) is 0 Å². The van der Waals surface area contributed by atoms with Gasteiger partial charge in [-0.3, -0.25) is 0 Å². The first-order valence-corrected chi connectivity index (χ1v) is 11.6. The first-order chi connectivity index (χ1) is 14.9. The van der Waals surface area contributed by atoms with Gasteiger partial charge in [0.1, 0.15) is 0 Å². The number of carbonyl (C=O) groups excluding carboxylic acids is 3. The summed E-state index contributed by atoms with van der Waals surface area (Å²) in [5, 5.41) is 6.75. The van der Waals surface area contributed by atoms with E-state index in [0.717, 1.165) is 9.95 Å². The van der Waals surface area contributed by atoms with Crippen LogP contribution in [0, 0.1) is 0 Å². The molecule has 0 bridgehead atoms. The molecule has 4 aromatic rings. The molecule has 2 aliphatic rings. The van der Waals surface area contributed by atoms with Crippen LogP contribution in [0.2, 0.25) is 0 Å². The summed E-state index contributed by atoms with van der Waals surface area (Å²) in [5.41, 5.74) is 4.61. The van der Waals surface area contributed by atoms with Gasteiger partial charge in [0, 0.05) is 0 Å². The van der Waals surface area contributed by atoms with E-state index in [4.69, 9.17) is 0 Å². The molecule has 1 fully saturated rings. The molecular weight excluding hydrogens is 457 g/mol. The molecule has 6 rings (SSSR count). The summed E-state index contributed by atoms with van der Waals surface area (Å²) in [5.74, 6) is -1.32. The Labute approximate surface area is 183 Å². The Morgan fingerprint density at radius 2 is 1.61 bits per heavy atom. The fraction of sp³-hybridized carbons (Fsp3) is 0.125. The zero-order valence-electron chi connectivity index (χ0n) is 16.8. The second-order valence-corrected chi connectivity index (χ2v) is 10.6. The van der Waals surface area contributed by atoms with Gasteiger partial charge < -0.3 is 0 Å². The molecule has 4 heterocycles. The quantitative estimate of drug-likeness (QED) is 0.253. The van der Waals surface area contributed by atoms with Gasteiger partial charge in [-0.1, -0.05) is 0 Å². The molecule has 1 saturated heterocycles. The molecule has 4 amide bonds. The van der Waals surface area contributed by atoms with Crippen LogP contribution in [-0.4, -0.2) is 36.9 Å². The van der Waals surface area contributed by atoms with Crippen LogP contribution in [-0.2, 0) is 15.0 Å². The zero-order chi connectivity index (χ0) is 21.5. The number of fused-ring (bicyclic) bond motifs is 5. The average Bonchev–Trinajstić information content (AvgIpc) is 3.29. The predicted octanol–water partition coefficient (Wildman–Crippen LogP) is 3.23. The first kappa shape index (κ1) is 18.4.